The Labute approximate surface area is 260 Å². The van der Waals surface area contributed by atoms with Crippen LogP contribution in [0.4, 0.5) is 0 Å². The molecular formula is C32H41N7O6. The van der Waals surface area contributed by atoms with E-state index in [1.807, 2.05) is 48.5 Å². The summed E-state index contributed by atoms with van der Waals surface area (Å²) in [5, 5.41) is 28.9. The van der Waals surface area contributed by atoms with E-state index in [2.05, 4.69) is 25.9 Å². The van der Waals surface area contributed by atoms with Crippen LogP contribution in [0.25, 0.3) is 21.8 Å². The van der Waals surface area contributed by atoms with Crippen molar-refractivity contribution in [1.82, 2.24) is 25.9 Å². The second-order valence-corrected chi connectivity index (χ2v) is 11.2. The van der Waals surface area contributed by atoms with Gasteiger partial charge in [0.25, 0.3) is 0 Å². The molecular weight excluding hydrogens is 578 g/mol. The molecule has 0 aliphatic rings. The van der Waals surface area contributed by atoms with Gasteiger partial charge >= 0.3 is 5.97 Å². The lowest BCUT2D eigenvalue weighted by Crippen LogP contribution is -2.58. The van der Waals surface area contributed by atoms with E-state index in [1.165, 1.54) is 6.92 Å². The zero-order valence-corrected chi connectivity index (χ0v) is 25.1. The van der Waals surface area contributed by atoms with Crippen molar-refractivity contribution in [2.24, 2.45) is 11.5 Å². The molecule has 11 N–H and O–H groups in total. The third-order valence-electron chi connectivity index (χ3n) is 7.81. The van der Waals surface area contributed by atoms with Gasteiger partial charge < -0.3 is 47.6 Å². The molecule has 0 aliphatic heterocycles. The van der Waals surface area contributed by atoms with Gasteiger partial charge in [-0.05, 0) is 62.4 Å². The van der Waals surface area contributed by atoms with Crippen molar-refractivity contribution in [2.45, 2.75) is 69.3 Å². The second kappa shape index (κ2) is 15.3. The van der Waals surface area contributed by atoms with Gasteiger partial charge in [0.05, 0.1) is 12.1 Å². The summed E-state index contributed by atoms with van der Waals surface area (Å²) in [5.74, 6) is -3.39. The largest absolute Gasteiger partial charge is 0.480 e. The van der Waals surface area contributed by atoms with Crippen molar-refractivity contribution in [2.75, 3.05) is 6.54 Å². The Bertz CT molecular complexity index is 1630. The lowest BCUT2D eigenvalue weighted by molar-refractivity contribution is -0.145. The molecule has 5 atom stereocenters. The number of carbonyl (C=O) groups is 4. The van der Waals surface area contributed by atoms with E-state index in [0.29, 0.717) is 19.4 Å². The van der Waals surface area contributed by atoms with Crippen molar-refractivity contribution in [3.8, 4) is 0 Å². The fourth-order valence-corrected chi connectivity index (χ4v) is 5.32. The molecule has 45 heavy (non-hydrogen) atoms. The molecule has 2 aromatic heterocycles. The summed E-state index contributed by atoms with van der Waals surface area (Å²) in [7, 11) is 0. The highest BCUT2D eigenvalue weighted by Gasteiger charge is 2.32. The van der Waals surface area contributed by atoms with Gasteiger partial charge in [0, 0.05) is 40.6 Å². The first-order chi connectivity index (χ1) is 21.6. The smallest absolute Gasteiger partial charge is 0.328 e. The first kappa shape index (κ1) is 33.2. The maximum absolute atomic E-state index is 13.8. The molecule has 0 saturated carbocycles. The Morgan fingerprint density at radius 3 is 1.87 bits per heavy atom. The summed E-state index contributed by atoms with van der Waals surface area (Å²) in [5.41, 5.74) is 15.3. The van der Waals surface area contributed by atoms with Crippen LogP contribution >= 0.6 is 0 Å². The van der Waals surface area contributed by atoms with Crippen molar-refractivity contribution in [1.29, 1.82) is 0 Å². The third kappa shape index (κ3) is 8.47. The predicted octanol–water partition coefficient (Wildman–Crippen LogP) is 0.811. The van der Waals surface area contributed by atoms with E-state index < -0.39 is 54.0 Å². The molecule has 5 unspecified atom stereocenters. The minimum absolute atomic E-state index is 0.0873. The number of hydrogen-bond acceptors (Lipinski definition) is 7. The van der Waals surface area contributed by atoms with E-state index >= 15 is 0 Å². The topological polar surface area (TPSA) is 228 Å². The molecule has 4 aromatic rings. The lowest BCUT2D eigenvalue weighted by atomic mass is 10.0. The van der Waals surface area contributed by atoms with Crippen molar-refractivity contribution < 1.29 is 29.4 Å². The van der Waals surface area contributed by atoms with E-state index in [-0.39, 0.29) is 19.3 Å². The summed E-state index contributed by atoms with van der Waals surface area (Å²) < 4.78 is 0. The van der Waals surface area contributed by atoms with E-state index in [0.717, 1.165) is 32.9 Å². The molecule has 2 aromatic carbocycles. The lowest BCUT2D eigenvalue weighted by Gasteiger charge is -2.26. The van der Waals surface area contributed by atoms with E-state index in [4.69, 9.17) is 11.5 Å². The SMILES string of the molecule is CC(O)C(NC(=O)C(CCCCN)NC(=O)C(Cc1c[nH]c2ccccc12)NC(=O)C(N)Cc1c[nH]c2ccccc12)C(=O)O. The van der Waals surface area contributed by atoms with Gasteiger partial charge in [0.2, 0.25) is 17.7 Å². The number of aliphatic carboxylic acids is 1. The number of amides is 3. The monoisotopic (exact) mass is 619 g/mol. The number of aliphatic hydroxyl groups excluding tert-OH is 1. The molecule has 0 aliphatic carbocycles. The van der Waals surface area contributed by atoms with E-state index in [9.17, 15) is 29.4 Å². The number of rotatable bonds is 16. The van der Waals surface area contributed by atoms with Crippen LogP contribution in [0.3, 0.4) is 0 Å². The molecule has 0 radical (unpaired) electrons. The summed E-state index contributed by atoms with van der Waals surface area (Å²) in [6.45, 7) is 1.61. The molecule has 0 bridgehead atoms. The number of aromatic amines is 2. The van der Waals surface area contributed by atoms with Crippen LogP contribution in [0.2, 0.25) is 0 Å². The highest BCUT2D eigenvalue weighted by molar-refractivity contribution is 5.95. The van der Waals surface area contributed by atoms with Crippen molar-refractivity contribution >= 4 is 45.5 Å². The number of fused-ring (bicyclic) bond motifs is 2. The Hall–Kier alpha value is -4.72. The summed E-state index contributed by atoms with van der Waals surface area (Å²) in [4.78, 5) is 58.3. The standard InChI is InChI=1S/C32H41N7O6/c1-18(40)28(32(44)45)39-30(42)26(12-6-7-13-33)37-31(43)27(15-20-17-36-25-11-5-3-9-22(20)25)38-29(41)23(34)14-19-16-35-24-10-4-2-8-21(19)24/h2-5,8-11,16-18,23,26-28,35-36,40H,6-7,12-15,33-34H2,1H3,(H,37,43)(H,38,41)(H,39,42)(H,44,45). The number of nitrogens with one attached hydrogen (secondary N) is 5. The van der Waals surface area contributed by atoms with Gasteiger partial charge in [-0.3, -0.25) is 14.4 Å². The molecule has 3 amide bonds. The van der Waals surface area contributed by atoms with Crippen LogP contribution in [0.15, 0.2) is 60.9 Å². The Balaban J connectivity index is 1.55. The molecule has 0 spiro atoms. The van der Waals surface area contributed by atoms with Crippen LogP contribution in [0.1, 0.15) is 37.3 Å². The van der Waals surface area contributed by atoms with Gasteiger partial charge in [0.15, 0.2) is 6.04 Å². The Morgan fingerprint density at radius 1 is 0.778 bits per heavy atom. The number of carboxylic acids is 1. The zero-order chi connectivity index (χ0) is 32.5. The summed E-state index contributed by atoms with van der Waals surface area (Å²) in [6.07, 6.45) is 3.69. The van der Waals surface area contributed by atoms with Crippen LogP contribution in [0, 0.1) is 0 Å². The zero-order valence-electron chi connectivity index (χ0n) is 25.1. The number of unbranched alkanes of at least 4 members (excludes halogenated alkanes) is 1. The molecule has 240 valence electrons. The van der Waals surface area contributed by atoms with Crippen LogP contribution in [-0.2, 0) is 32.0 Å². The fraction of sp³-hybridized carbons (Fsp3) is 0.375. The maximum atomic E-state index is 13.8. The quantitative estimate of drug-likeness (QED) is 0.0813. The fourth-order valence-electron chi connectivity index (χ4n) is 5.32. The number of para-hydroxylation sites is 2. The number of carboxylic acid groups (broad SMARTS) is 1. The van der Waals surface area contributed by atoms with Crippen molar-refractivity contribution in [3.63, 3.8) is 0 Å². The molecule has 2 heterocycles. The highest BCUT2D eigenvalue weighted by Crippen LogP contribution is 2.21. The minimum atomic E-state index is -1.57. The third-order valence-corrected chi connectivity index (χ3v) is 7.81. The molecule has 4 rings (SSSR count). The first-order valence-corrected chi connectivity index (χ1v) is 15.0. The Morgan fingerprint density at radius 2 is 1.31 bits per heavy atom. The average Bonchev–Trinajstić information content (AvgIpc) is 3.62. The molecule has 0 fully saturated rings. The second-order valence-electron chi connectivity index (χ2n) is 11.2. The maximum Gasteiger partial charge on any atom is 0.328 e. The normalized spacial score (nSPS) is 14.8. The van der Waals surface area contributed by atoms with Gasteiger partial charge in [-0.2, -0.15) is 0 Å². The van der Waals surface area contributed by atoms with Gasteiger partial charge in [-0.1, -0.05) is 36.4 Å². The van der Waals surface area contributed by atoms with Crippen LogP contribution < -0.4 is 27.4 Å². The van der Waals surface area contributed by atoms with Crippen LogP contribution in [0.5, 0.6) is 0 Å². The number of hydrogen-bond donors (Lipinski definition) is 9. The summed E-state index contributed by atoms with van der Waals surface area (Å²) >= 11 is 0. The minimum Gasteiger partial charge on any atom is -0.480 e. The average molecular weight is 620 g/mol. The number of nitrogens with two attached hydrogens (primary N) is 2. The predicted molar refractivity (Wildman–Crippen MR) is 170 cm³/mol. The first-order valence-electron chi connectivity index (χ1n) is 15.0. The van der Waals surface area contributed by atoms with Gasteiger partial charge in [-0.25, -0.2) is 4.79 Å². The van der Waals surface area contributed by atoms with E-state index in [1.54, 1.807) is 12.4 Å². The number of H-pyrrole nitrogens is 2. The highest BCUT2D eigenvalue weighted by atomic mass is 16.4. The Kier molecular flexibility index (Phi) is 11.3. The van der Waals surface area contributed by atoms with Gasteiger partial charge in [0.1, 0.15) is 12.1 Å². The van der Waals surface area contributed by atoms with Crippen molar-refractivity contribution in [3.05, 3.63) is 72.1 Å². The van der Waals surface area contributed by atoms with Crippen LogP contribution in [-0.4, -0.2) is 80.7 Å². The number of aromatic nitrogens is 2. The number of benzene rings is 2. The number of aliphatic hydroxyl groups is 1. The summed E-state index contributed by atoms with van der Waals surface area (Å²) in [6, 6.07) is 10.4. The molecule has 0 saturated heterocycles. The van der Waals surface area contributed by atoms with Gasteiger partial charge in [-0.15, -0.1) is 0 Å². The molecule has 13 heteroatoms. The molecule has 13 nitrogen and oxygen atoms in total. The number of carbonyl (C=O) groups excluding carboxylic acids is 3.